The zero-order chi connectivity index (χ0) is 25.6. The first-order chi connectivity index (χ1) is 17.2. The number of carbonyl (C=O) groups excluding carboxylic acids is 2. The third kappa shape index (κ3) is 4.02. The van der Waals surface area contributed by atoms with Crippen molar-refractivity contribution in [2.24, 2.45) is 5.10 Å². The van der Waals surface area contributed by atoms with E-state index >= 15 is 0 Å². The van der Waals surface area contributed by atoms with Gasteiger partial charge >= 0.3 is 6.03 Å². The highest BCUT2D eigenvalue weighted by molar-refractivity contribution is 6.15. The molecular weight excluding hydrogens is 460 g/mol. The predicted octanol–water partition coefficient (Wildman–Crippen LogP) is 1.69. The van der Waals surface area contributed by atoms with Crippen LogP contribution in [0.4, 0.5) is 10.5 Å². The molecule has 0 radical (unpaired) electrons. The third-order valence-corrected chi connectivity index (χ3v) is 5.91. The SMILES string of the molecule is CN(C)C(=O)Nc1cncc(C2=CN(C)C3NN=C(c4nc5nccc(C(=O)N(C)C)c5[nH]4)C3=C2)c1. The zero-order valence-electron chi connectivity index (χ0n) is 20.6. The Morgan fingerprint density at radius 2 is 1.94 bits per heavy atom. The molecule has 1 atom stereocenters. The van der Waals surface area contributed by atoms with Gasteiger partial charge in [0.05, 0.1) is 23.0 Å². The average molecular weight is 487 g/mol. The Hall–Kier alpha value is -4.74. The molecular formula is C24H26N10O2. The second-order valence-corrected chi connectivity index (χ2v) is 8.97. The van der Waals surface area contributed by atoms with Crippen LogP contribution < -0.4 is 10.7 Å². The monoisotopic (exact) mass is 486 g/mol. The number of nitrogens with one attached hydrogen (secondary N) is 3. The largest absolute Gasteiger partial charge is 0.355 e. The van der Waals surface area contributed by atoms with Crippen LogP contribution in [0.2, 0.25) is 0 Å². The lowest BCUT2D eigenvalue weighted by Gasteiger charge is -2.28. The molecule has 0 saturated heterocycles. The van der Waals surface area contributed by atoms with Crippen LogP contribution in [0.3, 0.4) is 0 Å². The average Bonchev–Trinajstić information content (AvgIpc) is 3.47. The van der Waals surface area contributed by atoms with Crippen LogP contribution in [0.5, 0.6) is 0 Å². The maximum Gasteiger partial charge on any atom is 0.321 e. The van der Waals surface area contributed by atoms with Gasteiger partial charge in [0.15, 0.2) is 11.5 Å². The van der Waals surface area contributed by atoms with Crippen molar-refractivity contribution >= 4 is 40.1 Å². The molecule has 12 nitrogen and oxygen atoms in total. The van der Waals surface area contributed by atoms with Crippen molar-refractivity contribution in [3.8, 4) is 0 Å². The number of nitrogens with zero attached hydrogens (tertiary/aromatic N) is 7. The Bertz CT molecular complexity index is 1470. The van der Waals surface area contributed by atoms with Gasteiger partial charge in [0.25, 0.3) is 5.91 Å². The van der Waals surface area contributed by atoms with Gasteiger partial charge in [0, 0.05) is 65.0 Å². The second-order valence-electron chi connectivity index (χ2n) is 8.97. The van der Waals surface area contributed by atoms with Gasteiger partial charge in [-0.3, -0.25) is 15.2 Å². The number of hydrogen-bond acceptors (Lipinski definition) is 8. The molecule has 0 saturated carbocycles. The molecule has 184 valence electrons. The summed E-state index contributed by atoms with van der Waals surface area (Å²) in [6, 6.07) is 3.31. The van der Waals surface area contributed by atoms with E-state index in [9.17, 15) is 9.59 Å². The van der Waals surface area contributed by atoms with Gasteiger partial charge in [0.2, 0.25) is 0 Å². The summed E-state index contributed by atoms with van der Waals surface area (Å²) in [5.74, 6) is 0.370. The molecule has 0 spiro atoms. The number of H-pyrrole nitrogens is 1. The van der Waals surface area contributed by atoms with E-state index in [0.717, 1.165) is 16.7 Å². The molecule has 0 bridgehead atoms. The maximum atomic E-state index is 12.6. The number of pyridine rings is 2. The van der Waals surface area contributed by atoms with Gasteiger partial charge in [-0.1, -0.05) is 0 Å². The molecule has 2 aliphatic heterocycles. The van der Waals surface area contributed by atoms with Gasteiger partial charge in [0.1, 0.15) is 11.9 Å². The van der Waals surface area contributed by atoms with E-state index in [1.54, 1.807) is 52.8 Å². The lowest BCUT2D eigenvalue weighted by molar-refractivity contribution is 0.0829. The Morgan fingerprint density at radius 1 is 1.14 bits per heavy atom. The fraction of sp³-hybridized carbons (Fsp3) is 0.250. The first-order valence-electron chi connectivity index (χ1n) is 11.2. The van der Waals surface area contributed by atoms with Gasteiger partial charge in [-0.15, -0.1) is 0 Å². The lowest BCUT2D eigenvalue weighted by atomic mass is 9.97. The summed E-state index contributed by atoms with van der Waals surface area (Å²) >= 11 is 0. The Labute approximate surface area is 207 Å². The number of hydrazone groups is 1. The van der Waals surface area contributed by atoms with Gasteiger partial charge in [-0.25, -0.2) is 14.8 Å². The minimum atomic E-state index is -0.234. The standard InChI is InChI=1S/C24H26N10O2/c1-32(2)23(35)16-6-7-26-20-18(16)28-21(29-20)19-17-9-14(12-34(5)22(17)31-30-19)13-8-15(11-25-10-13)27-24(36)33(3)4/h6-12,22,31H,1-5H3,(H,27,36)(H,26,28,29). The number of rotatable bonds is 4. The molecule has 3 aromatic heterocycles. The lowest BCUT2D eigenvalue weighted by Crippen LogP contribution is -2.38. The molecule has 1 unspecified atom stereocenters. The number of fused-ring (bicyclic) bond motifs is 2. The number of imidazole rings is 1. The zero-order valence-corrected chi connectivity index (χ0v) is 20.6. The number of amides is 3. The quantitative estimate of drug-likeness (QED) is 0.511. The summed E-state index contributed by atoms with van der Waals surface area (Å²) < 4.78 is 0. The number of likely N-dealkylation sites (N-methyl/N-ethyl adjacent to an activating group) is 1. The first kappa shape index (κ1) is 23.0. The van der Waals surface area contributed by atoms with E-state index in [-0.39, 0.29) is 18.1 Å². The van der Waals surface area contributed by atoms with Crippen LogP contribution in [-0.2, 0) is 0 Å². The summed E-state index contributed by atoms with van der Waals surface area (Å²) in [5.41, 5.74) is 8.49. The highest BCUT2D eigenvalue weighted by atomic mass is 16.2. The molecule has 3 amide bonds. The van der Waals surface area contributed by atoms with Gasteiger partial charge in [-0.2, -0.15) is 5.10 Å². The number of allylic oxidation sites excluding steroid dienone is 2. The highest BCUT2D eigenvalue weighted by Crippen LogP contribution is 2.31. The van der Waals surface area contributed by atoms with E-state index in [0.29, 0.717) is 34.0 Å². The van der Waals surface area contributed by atoms with Crippen molar-refractivity contribution in [2.45, 2.75) is 6.17 Å². The summed E-state index contributed by atoms with van der Waals surface area (Å²) in [4.78, 5) is 46.2. The molecule has 3 N–H and O–H groups in total. The van der Waals surface area contributed by atoms with Crippen molar-refractivity contribution < 1.29 is 9.59 Å². The van der Waals surface area contributed by atoms with Crippen LogP contribution in [0.25, 0.3) is 16.7 Å². The van der Waals surface area contributed by atoms with Crippen molar-refractivity contribution in [1.82, 2.24) is 40.1 Å². The van der Waals surface area contributed by atoms with E-state index < -0.39 is 0 Å². The van der Waals surface area contributed by atoms with Crippen molar-refractivity contribution in [1.29, 1.82) is 0 Å². The number of anilines is 1. The normalized spacial score (nSPS) is 16.5. The fourth-order valence-electron chi connectivity index (χ4n) is 4.04. The van der Waals surface area contributed by atoms with E-state index in [2.05, 4.69) is 35.8 Å². The van der Waals surface area contributed by atoms with E-state index in [4.69, 9.17) is 0 Å². The molecule has 0 aromatic carbocycles. The van der Waals surface area contributed by atoms with Crippen molar-refractivity contribution in [2.75, 3.05) is 40.6 Å². The topological polar surface area (TPSA) is 135 Å². The minimum Gasteiger partial charge on any atom is -0.355 e. The summed E-state index contributed by atoms with van der Waals surface area (Å²) in [5, 5.41) is 7.36. The van der Waals surface area contributed by atoms with Gasteiger partial charge in [-0.05, 0) is 23.8 Å². The van der Waals surface area contributed by atoms with Crippen LogP contribution in [0, 0.1) is 0 Å². The number of aromatic amines is 1. The smallest absolute Gasteiger partial charge is 0.321 e. The molecule has 3 aromatic rings. The number of carbonyl (C=O) groups is 2. The van der Waals surface area contributed by atoms with Gasteiger partial charge < -0.3 is 25.0 Å². The predicted molar refractivity (Wildman–Crippen MR) is 136 cm³/mol. The fourth-order valence-corrected chi connectivity index (χ4v) is 4.04. The molecule has 12 heteroatoms. The van der Waals surface area contributed by atoms with Crippen molar-refractivity contribution in [3.63, 3.8) is 0 Å². The Balaban J connectivity index is 1.50. The van der Waals surface area contributed by atoms with Crippen LogP contribution >= 0.6 is 0 Å². The number of urea groups is 1. The third-order valence-electron chi connectivity index (χ3n) is 5.91. The van der Waals surface area contributed by atoms with Crippen LogP contribution in [0.15, 0.2) is 53.7 Å². The van der Waals surface area contributed by atoms with Crippen LogP contribution in [0.1, 0.15) is 21.7 Å². The van der Waals surface area contributed by atoms with E-state index in [1.807, 2.05) is 30.3 Å². The molecule has 5 rings (SSSR count). The molecule has 0 aliphatic carbocycles. The van der Waals surface area contributed by atoms with Crippen LogP contribution in [-0.4, -0.2) is 93.7 Å². The number of aromatic nitrogens is 4. The maximum absolute atomic E-state index is 12.6. The second kappa shape index (κ2) is 8.80. The molecule has 0 fully saturated rings. The summed E-state index contributed by atoms with van der Waals surface area (Å²) in [6.45, 7) is 0. The minimum absolute atomic E-state index is 0.141. The van der Waals surface area contributed by atoms with Crippen molar-refractivity contribution in [3.05, 3.63) is 65.5 Å². The molecule has 36 heavy (non-hydrogen) atoms. The summed E-state index contributed by atoms with van der Waals surface area (Å²) in [6.07, 6.45) is 8.74. The highest BCUT2D eigenvalue weighted by Gasteiger charge is 2.33. The molecule has 2 aliphatic rings. The first-order valence-corrected chi connectivity index (χ1v) is 11.2. The Morgan fingerprint density at radius 3 is 2.69 bits per heavy atom. The Kier molecular flexibility index (Phi) is 5.63. The van der Waals surface area contributed by atoms with E-state index in [1.165, 1.54) is 9.80 Å². The number of hydrogen-bond donors (Lipinski definition) is 3. The summed E-state index contributed by atoms with van der Waals surface area (Å²) in [7, 11) is 8.71. The molecule has 5 heterocycles.